The minimum absolute atomic E-state index is 0.110. The number of anilines is 1. The number of carbonyl (C=O) groups excluding carboxylic acids is 2. The summed E-state index contributed by atoms with van der Waals surface area (Å²) >= 11 is 0. The highest BCUT2D eigenvalue weighted by Gasteiger charge is 2.12. The van der Waals surface area contributed by atoms with Gasteiger partial charge in [0.25, 0.3) is 5.91 Å². The Kier molecular flexibility index (Phi) is 7.12. The van der Waals surface area contributed by atoms with Gasteiger partial charge in [-0.3, -0.25) is 4.79 Å². The van der Waals surface area contributed by atoms with E-state index in [1.54, 1.807) is 0 Å². The summed E-state index contributed by atoms with van der Waals surface area (Å²) in [6.45, 7) is 1.71. The molecule has 0 fully saturated rings. The summed E-state index contributed by atoms with van der Waals surface area (Å²) in [6.07, 6.45) is 4.33. The van der Waals surface area contributed by atoms with Gasteiger partial charge in [-0.25, -0.2) is 13.2 Å². The normalized spacial score (nSPS) is 11.0. The molecule has 0 aromatic heterocycles. The maximum Gasteiger partial charge on any atom is 0.338 e. The average Bonchev–Trinajstić information content (AvgIpc) is 2.65. The molecule has 0 saturated heterocycles. The highest BCUT2D eigenvalue weighted by atomic mass is 32.2. The van der Waals surface area contributed by atoms with Gasteiger partial charge in [0.15, 0.2) is 16.4 Å². The molecule has 2 aromatic carbocycles. The number of amides is 1. The van der Waals surface area contributed by atoms with E-state index in [9.17, 15) is 18.0 Å². The van der Waals surface area contributed by atoms with Crippen LogP contribution in [0, 0.1) is 0 Å². The van der Waals surface area contributed by atoms with Gasteiger partial charge in [0.2, 0.25) is 0 Å². The molecule has 0 saturated carbocycles. The van der Waals surface area contributed by atoms with Crippen molar-refractivity contribution in [2.24, 2.45) is 0 Å². The van der Waals surface area contributed by atoms with E-state index in [1.807, 2.05) is 24.3 Å². The third-order valence-corrected chi connectivity index (χ3v) is 5.04. The second-order valence-corrected chi connectivity index (χ2v) is 8.24. The summed E-state index contributed by atoms with van der Waals surface area (Å²) < 4.78 is 27.8. The second kappa shape index (κ2) is 9.32. The third-order valence-electron chi connectivity index (χ3n) is 3.91. The minimum Gasteiger partial charge on any atom is -0.452 e. The van der Waals surface area contributed by atoms with Crippen molar-refractivity contribution in [1.82, 2.24) is 0 Å². The van der Waals surface area contributed by atoms with Gasteiger partial charge in [-0.2, -0.15) is 0 Å². The molecule has 0 aliphatic heterocycles. The molecule has 144 valence electrons. The Morgan fingerprint density at radius 3 is 2.19 bits per heavy atom. The summed E-state index contributed by atoms with van der Waals surface area (Å²) in [5.41, 5.74) is 2.02. The Bertz CT molecular complexity index is 887. The molecular formula is C20H23NO5S. The highest BCUT2D eigenvalue weighted by molar-refractivity contribution is 7.90. The topological polar surface area (TPSA) is 89.5 Å². The Balaban J connectivity index is 1.85. The number of esters is 1. The number of hydrogen-bond acceptors (Lipinski definition) is 5. The predicted octanol–water partition coefficient (Wildman–Crippen LogP) is 3.23. The smallest absolute Gasteiger partial charge is 0.338 e. The molecule has 0 spiro atoms. The van der Waals surface area contributed by atoms with E-state index in [2.05, 4.69) is 12.2 Å². The van der Waals surface area contributed by atoms with Gasteiger partial charge in [-0.1, -0.05) is 25.5 Å². The Hall–Kier alpha value is -2.67. The fourth-order valence-corrected chi connectivity index (χ4v) is 3.02. The Labute approximate surface area is 159 Å². The van der Waals surface area contributed by atoms with Gasteiger partial charge in [0, 0.05) is 11.9 Å². The number of hydrogen-bond donors (Lipinski definition) is 1. The molecule has 0 radical (unpaired) electrons. The van der Waals surface area contributed by atoms with E-state index in [0.29, 0.717) is 5.69 Å². The first kappa shape index (κ1) is 20.6. The summed E-state index contributed by atoms with van der Waals surface area (Å²) in [5, 5.41) is 2.67. The lowest BCUT2D eigenvalue weighted by Gasteiger charge is -2.08. The number of carbonyl (C=O) groups is 2. The van der Waals surface area contributed by atoms with Crippen molar-refractivity contribution in [2.75, 3.05) is 18.2 Å². The van der Waals surface area contributed by atoms with E-state index >= 15 is 0 Å². The van der Waals surface area contributed by atoms with Gasteiger partial charge in [0.1, 0.15) is 0 Å². The third kappa shape index (κ3) is 6.53. The molecule has 0 unspecified atom stereocenters. The van der Waals surface area contributed by atoms with Gasteiger partial charge in [-0.05, 0) is 54.8 Å². The fraction of sp³-hybridized carbons (Fsp3) is 0.300. The number of nitrogens with one attached hydrogen (secondary N) is 1. The molecule has 0 bridgehead atoms. The lowest BCUT2D eigenvalue weighted by molar-refractivity contribution is -0.119. The summed E-state index contributed by atoms with van der Waals surface area (Å²) in [5.74, 6) is -1.14. The number of benzene rings is 2. The van der Waals surface area contributed by atoms with E-state index in [1.165, 1.54) is 29.8 Å². The van der Waals surface area contributed by atoms with Crippen LogP contribution in [0.15, 0.2) is 53.4 Å². The molecule has 0 aliphatic rings. The van der Waals surface area contributed by atoms with Crippen LogP contribution in [0.2, 0.25) is 0 Å². The predicted molar refractivity (Wildman–Crippen MR) is 104 cm³/mol. The first-order chi connectivity index (χ1) is 12.8. The van der Waals surface area contributed by atoms with Crippen LogP contribution < -0.4 is 5.32 Å². The Morgan fingerprint density at radius 1 is 1.00 bits per heavy atom. The molecule has 6 nitrogen and oxygen atoms in total. The van der Waals surface area contributed by atoms with Crippen molar-refractivity contribution >= 4 is 27.4 Å². The largest absolute Gasteiger partial charge is 0.452 e. The molecule has 0 aliphatic carbocycles. The quantitative estimate of drug-likeness (QED) is 0.700. The average molecular weight is 389 g/mol. The lowest BCUT2D eigenvalue weighted by Crippen LogP contribution is -2.21. The molecular weight excluding hydrogens is 366 g/mol. The zero-order chi connectivity index (χ0) is 19.9. The maximum atomic E-state index is 12.0. The van der Waals surface area contributed by atoms with Crippen LogP contribution in [0.3, 0.4) is 0 Å². The summed E-state index contributed by atoms with van der Waals surface area (Å²) in [4.78, 5) is 24.0. The molecule has 2 rings (SSSR count). The van der Waals surface area contributed by atoms with Crippen LogP contribution in [-0.4, -0.2) is 33.2 Å². The molecule has 2 aromatic rings. The van der Waals surface area contributed by atoms with Crippen molar-refractivity contribution in [3.8, 4) is 0 Å². The molecule has 1 amide bonds. The summed E-state index contributed by atoms with van der Waals surface area (Å²) in [6, 6.07) is 12.9. The van der Waals surface area contributed by atoms with Gasteiger partial charge in [-0.15, -0.1) is 0 Å². The SMILES string of the molecule is CCCCc1ccc(NC(=O)COC(=O)c2ccc(S(C)(=O)=O)cc2)cc1. The van der Waals surface area contributed by atoms with E-state index < -0.39 is 28.3 Å². The van der Waals surface area contributed by atoms with Crippen LogP contribution in [0.5, 0.6) is 0 Å². The minimum atomic E-state index is -3.33. The van der Waals surface area contributed by atoms with Gasteiger partial charge >= 0.3 is 5.97 Å². The first-order valence-corrected chi connectivity index (χ1v) is 10.5. The zero-order valence-corrected chi connectivity index (χ0v) is 16.2. The maximum absolute atomic E-state index is 12.0. The van der Waals surface area contributed by atoms with E-state index in [4.69, 9.17) is 4.74 Å². The van der Waals surface area contributed by atoms with Crippen molar-refractivity contribution in [2.45, 2.75) is 31.1 Å². The first-order valence-electron chi connectivity index (χ1n) is 8.65. The molecule has 7 heteroatoms. The van der Waals surface area contributed by atoms with Crippen molar-refractivity contribution in [1.29, 1.82) is 0 Å². The van der Waals surface area contributed by atoms with E-state index in [0.717, 1.165) is 25.5 Å². The van der Waals surface area contributed by atoms with Crippen molar-refractivity contribution < 1.29 is 22.7 Å². The van der Waals surface area contributed by atoms with Crippen LogP contribution in [0.4, 0.5) is 5.69 Å². The van der Waals surface area contributed by atoms with Crippen molar-refractivity contribution in [3.63, 3.8) is 0 Å². The fourth-order valence-electron chi connectivity index (χ4n) is 2.39. The van der Waals surface area contributed by atoms with Gasteiger partial charge in [0.05, 0.1) is 10.5 Å². The van der Waals surface area contributed by atoms with Crippen LogP contribution in [-0.2, 0) is 25.8 Å². The number of aryl methyl sites for hydroxylation is 1. The lowest BCUT2D eigenvalue weighted by atomic mass is 10.1. The highest BCUT2D eigenvalue weighted by Crippen LogP contribution is 2.13. The number of rotatable bonds is 8. The number of sulfone groups is 1. The van der Waals surface area contributed by atoms with Crippen molar-refractivity contribution in [3.05, 3.63) is 59.7 Å². The Morgan fingerprint density at radius 2 is 1.63 bits per heavy atom. The monoisotopic (exact) mass is 389 g/mol. The number of unbranched alkanes of at least 4 members (excludes halogenated alkanes) is 1. The number of ether oxygens (including phenoxy) is 1. The standard InChI is InChI=1S/C20H23NO5S/c1-3-4-5-15-6-10-17(11-7-15)21-19(22)14-26-20(23)16-8-12-18(13-9-16)27(2,24)25/h6-13H,3-5,14H2,1-2H3,(H,21,22). The van der Waals surface area contributed by atoms with Crippen LogP contribution in [0.25, 0.3) is 0 Å². The zero-order valence-electron chi connectivity index (χ0n) is 15.4. The molecule has 0 atom stereocenters. The van der Waals surface area contributed by atoms with Crippen LogP contribution in [0.1, 0.15) is 35.7 Å². The summed E-state index contributed by atoms with van der Waals surface area (Å²) in [7, 11) is -3.33. The molecule has 1 N–H and O–H groups in total. The molecule has 0 heterocycles. The van der Waals surface area contributed by atoms with Crippen LogP contribution >= 0.6 is 0 Å². The van der Waals surface area contributed by atoms with E-state index in [-0.39, 0.29) is 10.5 Å². The van der Waals surface area contributed by atoms with Gasteiger partial charge < -0.3 is 10.1 Å². The second-order valence-electron chi connectivity index (χ2n) is 6.22. The molecule has 27 heavy (non-hydrogen) atoms.